The zero-order valence-corrected chi connectivity index (χ0v) is 6.03. The Morgan fingerprint density at radius 1 is 1.33 bits per heavy atom. The smallest absolute Gasteiger partial charge is 0.150 e. The van der Waals surface area contributed by atoms with E-state index in [2.05, 4.69) is 9.24 Å². The molecule has 0 amide bonds. The highest BCUT2D eigenvalue weighted by Crippen LogP contribution is 1.95. The molecule has 1 nitrogen and oxygen atoms in total. The van der Waals surface area contributed by atoms with Crippen LogP contribution in [0.4, 0.5) is 0 Å². The number of benzene rings is 1. The first-order valence-corrected chi connectivity index (χ1v) is 3.22. The molecule has 0 radical (unpaired) electrons. The van der Waals surface area contributed by atoms with Gasteiger partial charge in [0.25, 0.3) is 0 Å². The van der Waals surface area contributed by atoms with E-state index in [0.717, 1.165) is 17.2 Å². The van der Waals surface area contributed by atoms with E-state index in [9.17, 15) is 4.79 Å². The van der Waals surface area contributed by atoms with Gasteiger partial charge in [0.2, 0.25) is 0 Å². The molecule has 0 saturated carbocycles. The van der Waals surface area contributed by atoms with Crippen molar-refractivity contribution >= 4 is 20.8 Å². The minimum Gasteiger partial charge on any atom is -0.298 e. The Morgan fingerprint density at radius 3 is 2.44 bits per heavy atom. The first kappa shape index (κ1) is 6.44. The molecule has 0 N–H and O–H groups in total. The third kappa shape index (κ3) is 1.36. The zero-order chi connectivity index (χ0) is 6.69. The van der Waals surface area contributed by atoms with Gasteiger partial charge in [-0.3, -0.25) is 4.79 Å². The van der Waals surface area contributed by atoms with E-state index in [1.807, 2.05) is 18.2 Å². The summed E-state index contributed by atoms with van der Waals surface area (Å²) in [7, 11) is 2.50. The van der Waals surface area contributed by atoms with Gasteiger partial charge in [0.15, 0.2) is 6.29 Å². The first-order chi connectivity index (χ1) is 4.34. The topological polar surface area (TPSA) is 17.1 Å². The van der Waals surface area contributed by atoms with Gasteiger partial charge in [-0.25, -0.2) is 0 Å². The predicted molar refractivity (Wildman–Crippen MR) is 41.2 cm³/mol. The number of aldehydes is 1. The van der Waals surface area contributed by atoms with E-state index >= 15 is 0 Å². The Hall–Kier alpha value is -0.680. The monoisotopic (exact) mass is 138 g/mol. The summed E-state index contributed by atoms with van der Waals surface area (Å²) < 4.78 is 0. The third-order valence-corrected chi connectivity index (χ3v) is 1.65. The quantitative estimate of drug-likeness (QED) is 0.418. The van der Waals surface area contributed by atoms with Crippen molar-refractivity contribution in [3.63, 3.8) is 0 Å². The van der Waals surface area contributed by atoms with Crippen LogP contribution in [0.5, 0.6) is 0 Å². The SMILES string of the molecule is O=Cc1ccccc1P. The lowest BCUT2D eigenvalue weighted by molar-refractivity contribution is 0.112. The summed E-state index contributed by atoms with van der Waals surface area (Å²) in [6, 6.07) is 7.41. The molecule has 0 aliphatic heterocycles. The maximum atomic E-state index is 10.2. The van der Waals surface area contributed by atoms with E-state index in [4.69, 9.17) is 0 Å². The van der Waals surface area contributed by atoms with E-state index in [-0.39, 0.29) is 0 Å². The van der Waals surface area contributed by atoms with Crippen LogP contribution in [0.3, 0.4) is 0 Å². The lowest BCUT2D eigenvalue weighted by atomic mass is 10.2. The van der Waals surface area contributed by atoms with Crippen LogP contribution >= 0.6 is 9.24 Å². The summed E-state index contributed by atoms with van der Waals surface area (Å²) in [4.78, 5) is 10.2. The Kier molecular flexibility index (Phi) is 1.96. The van der Waals surface area contributed by atoms with Crippen LogP contribution in [0.1, 0.15) is 10.4 Å². The van der Waals surface area contributed by atoms with Crippen LogP contribution in [-0.4, -0.2) is 6.29 Å². The third-order valence-electron chi connectivity index (χ3n) is 1.12. The number of hydrogen-bond donors (Lipinski definition) is 0. The van der Waals surface area contributed by atoms with Gasteiger partial charge in [0.1, 0.15) is 0 Å². The lowest BCUT2D eigenvalue weighted by Gasteiger charge is -1.92. The summed E-state index contributed by atoms with van der Waals surface area (Å²) in [6.45, 7) is 0. The summed E-state index contributed by atoms with van der Waals surface area (Å²) in [6.07, 6.45) is 0.850. The van der Waals surface area contributed by atoms with Crippen molar-refractivity contribution < 1.29 is 4.79 Å². The highest BCUT2D eigenvalue weighted by atomic mass is 31.0. The molecule has 0 bridgehead atoms. The standard InChI is InChI=1S/C7H7OP/c8-5-6-3-1-2-4-7(6)9/h1-5H,9H2. The Balaban J connectivity index is 3.15. The molecule has 0 saturated heterocycles. The fourth-order valence-corrected chi connectivity index (χ4v) is 0.894. The minimum absolute atomic E-state index is 0.738. The average Bonchev–Trinajstić information content (AvgIpc) is 1.89. The summed E-state index contributed by atoms with van der Waals surface area (Å²) in [5, 5.41) is 0.951. The van der Waals surface area contributed by atoms with Crippen LogP contribution in [0, 0.1) is 0 Å². The normalized spacial score (nSPS) is 9.00. The van der Waals surface area contributed by atoms with Crippen LogP contribution in [-0.2, 0) is 0 Å². The van der Waals surface area contributed by atoms with Crippen molar-refractivity contribution in [2.24, 2.45) is 0 Å². The Morgan fingerprint density at radius 2 is 2.00 bits per heavy atom. The fraction of sp³-hybridized carbons (Fsp3) is 0. The van der Waals surface area contributed by atoms with Crippen molar-refractivity contribution in [2.45, 2.75) is 0 Å². The Bertz CT molecular complexity index is 220. The molecular formula is C7H7OP. The number of rotatable bonds is 1. The van der Waals surface area contributed by atoms with Crippen molar-refractivity contribution in [3.8, 4) is 0 Å². The second-order valence-electron chi connectivity index (χ2n) is 1.75. The molecule has 46 valence electrons. The number of hydrogen-bond acceptors (Lipinski definition) is 1. The molecule has 0 spiro atoms. The lowest BCUT2D eigenvalue weighted by Crippen LogP contribution is -1.97. The van der Waals surface area contributed by atoms with Crippen molar-refractivity contribution in [3.05, 3.63) is 29.8 Å². The zero-order valence-electron chi connectivity index (χ0n) is 4.87. The van der Waals surface area contributed by atoms with E-state index in [0.29, 0.717) is 0 Å². The molecule has 1 aromatic carbocycles. The molecule has 1 rings (SSSR count). The summed E-state index contributed by atoms with van der Waals surface area (Å²) >= 11 is 0. The molecule has 1 aromatic rings. The molecule has 0 aromatic heterocycles. The van der Waals surface area contributed by atoms with Gasteiger partial charge in [-0.05, 0) is 5.30 Å². The molecular weight excluding hydrogens is 131 g/mol. The maximum Gasteiger partial charge on any atom is 0.150 e. The highest BCUT2D eigenvalue weighted by Gasteiger charge is 1.90. The first-order valence-electron chi connectivity index (χ1n) is 2.64. The largest absolute Gasteiger partial charge is 0.298 e. The van der Waals surface area contributed by atoms with Gasteiger partial charge in [0, 0.05) is 5.56 Å². The van der Waals surface area contributed by atoms with Gasteiger partial charge < -0.3 is 0 Å². The van der Waals surface area contributed by atoms with E-state index in [1.54, 1.807) is 6.07 Å². The second-order valence-corrected chi connectivity index (χ2v) is 2.37. The van der Waals surface area contributed by atoms with Gasteiger partial charge in [0.05, 0.1) is 0 Å². The summed E-state index contributed by atoms with van der Waals surface area (Å²) in [5.74, 6) is 0. The molecule has 0 aliphatic carbocycles. The minimum atomic E-state index is 0.738. The summed E-state index contributed by atoms with van der Waals surface area (Å²) in [5.41, 5.74) is 0.738. The highest BCUT2D eigenvalue weighted by molar-refractivity contribution is 7.27. The van der Waals surface area contributed by atoms with Gasteiger partial charge in [-0.15, -0.1) is 9.24 Å². The van der Waals surface area contributed by atoms with Crippen LogP contribution < -0.4 is 5.30 Å². The molecule has 2 heteroatoms. The van der Waals surface area contributed by atoms with Gasteiger partial charge >= 0.3 is 0 Å². The Labute approximate surface area is 56.3 Å². The predicted octanol–water partition coefficient (Wildman–Crippen LogP) is 0.999. The fourth-order valence-electron chi connectivity index (χ4n) is 0.618. The van der Waals surface area contributed by atoms with Crippen LogP contribution in [0.15, 0.2) is 24.3 Å². The van der Waals surface area contributed by atoms with Crippen molar-refractivity contribution in [1.29, 1.82) is 0 Å². The van der Waals surface area contributed by atoms with Crippen molar-refractivity contribution in [1.82, 2.24) is 0 Å². The number of carbonyl (C=O) groups is 1. The number of carbonyl (C=O) groups excluding carboxylic acids is 1. The molecule has 1 atom stereocenters. The second kappa shape index (κ2) is 2.75. The van der Waals surface area contributed by atoms with Crippen LogP contribution in [0.2, 0.25) is 0 Å². The molecule has 0 aliphatic rings. The van der Waals surface area contributed by atoms with Gasteiger partial charge in [-0.2, -0.15) is 0 Å². The van der Waals surface area contributed by atoms with E-state index in [1.165, 1.54) is 0 Å². The van der Waals surface area contributed by atoms with Crippen LogP contribution in [0.25, 0.3) is 0 Å². The average molecular weight is 138 g/mol. The molecule has 1 unspecified atom stereocenters. The molecule has 0 fully saturated rings. The van der Waals surface area contributed by atoms with Crippen molar-refractivity contribution in [2.75, 3.05) is 0 Å². The van der Waals surface area contributed by atoms with Gasteiger partial charge in [-0.1, -0.05) is 24.3 Å². The van der Waals surface area contributed by atoms with E-state index < -0.39 is 0 Å². The molecule has 0 heterocycles. The maximum absolute atomic E-state index is 10.2. The molecule has 9 heavy (non-hydrogen) atoms.